The first-order valence-electron chi connectivity index (χ1n) is 16.3. The molecule has 45 heavy (non-hydrogen) atoms. The number of ether oxygens (including phenoxy) is 1. The van der Waals surface area contributed by atoms with Crippen LogP contribution in [0.25, 0.3) is 50.7 Å². The third-order valence-corrected chi connectivity index (χ3v) is 12.7. The summed E-state index contributed by atoms with van der Waals surface area (Å²) < 4.78 is 18.2. The number of hydrogen-bond donors (Lipinski definition) is 0. The Morgan fingerprint density at radius 2 is 1.80 bits per heavy atom. The van der Waals surface area contributed by atoms with Crippen LogP contribution in [0.5, 0.6) is 5.95 Å². The fraction of sp³-hybridized carbons (Fsp3) is 0.250. The Kier molecular flexibility index (Phi) is 4.63. The van der Waals surface area contributed by atoms with Gasteiger partial charge in [0.1, 0.15) is 6.26 Å². The van der Waals surface area contributed by atoms with Crippen molar-refractivity contribution >= 4 is 39.8 Å². The van der Waals surface area contributed by atoms with E-state index in [0.29, 0.717) is 11.9 Å². The minimum Gasteiger partial charge on any atom is -0.433 e. The summed E-state index contributed by atoms with van der Waals surface area (Å²) in [5.74, 6) is 2.00. The monoisotopic (exact) mass is 604 g/mol. The molecule has 0 saturated carbocycles. The van der Waals surface area contributed by atoms with Crippen molar-refractivity contribution in [2.45, 2.75) is 50.9 Å². The number of hydrogen-bond acceptors (Lipinski definition) is 3. The number of rotatable bonds is 0. The average Bonchev–Trinajstić information content (AvgIpc) is 3.80. The smallest absolute Gasteiger partial charge is 0.295 e. The molecule has 0 saturated heterocycles. The van der Waals surface area contributed by atoms with Crippen LogP contribution < -0.4 is 15.3 Å². The third kappa shape index (κ3) is 2.99. The van der Waals surface area contributed by atoms with E-state index in [2.05, 4.69) is 95.5 Å². The summed E-state index contributed by atoms with van der Waals surface area (Å²) in [7, 11) is 2.21. The van der Waals surface area contributed by atoms with Crippen molar-refractivity contribution in [2.75, 3.05) is 0 Å². The lowest BCUT2D eigenvalue weighted by molar-refractivity contribution is 0.327. The maximum Gasteiger partial charge on any atom is 0.295 e. The molecule has 2 atom stereocenters. The van der Waals surface area contributed by atoms with Gasteiger partial charge in [-0.25, -0.2) is 0 Å². The van der Waals surface area contributed by atoms with E-state index in [1.165, 1.54) is 76.4 Å². The molecule has 0 radical (unpaired) electrons. The van der Waals surface area contributed by atoms with E-state index in [9.17, 15) is 0 Å². The van der Waals surface area contributed by atoms with Gasteiger partial charge in [0.25, 0.3) is 5.95 Å². The van der Waals surface area contributed by atoms with Gasteiger partial charge < -0.3 is 13.7 Å². The number of aromatic nitrogens is 2. The SMILES string of the molecule is CC1CCC2=C3Oc4occ(c4C2)-c2ccccc2CC12C1=c4c(c5ccccc5n43)=Cc3scc(c3CC1)-c1cn(C)cc12. The second-order valence-electron chi connectivity index (χ2n) is 13.8. The summed E-state index contributed by atoms with van der Waals surface area (Å²) in [5, 5.41) is 6.40. The van der Waals surface area contributed by atoms with Crippen molar-refractivity contribution in [3.8, 4) is 28.2 Å². The molecule has 3 aliphatic carbocycles. The fourth-order valence-electron chi connectivity index (χ4n) is 9.68. The first-order chi connectivity index (χ1) is 22.1. The Morgan fingerprint density at radius 3 is 2.76 bits per heavy atom. The van der Waals surface area contributed by atoms with Gasteiger partial charge in [0.2, 0.25) is 5.88 Å². The zero-order chi connectivity index (χ0) is 29.6. The summed E-state index contributed by atoms with van der Waals surface area (Å²) in [6, 6.07) is 18.1. The molecule has 6 aromatic rings. The minimum absolute atomic E-state index is 0.227. The molecule has 2 aromatic carbocycles. The Labute approximate surface area is 265 Å². The third-order valence-electron chi connectivity index (χ3n) is 11.7. The molecule has 0 N–H and O–H groups in total. The van der Waals surface area contributed by atoms with Crippen LogP contribution >= 0.6 is 11.3 Å². The van der Waals surface area contributed by atoms with Crippen molar-refractivity contribution in [2.24, 2.45) is 13.0 Å². The van der Waals surface area contributed by atoms with Crippen LogP contribution in [0.4, 0.5) is 0 Å². The zero-order valence-electron chi connectivity index (χ0n) is 25.4. The predicted octanol–water partition coefficient (Wildman–Crippen LogP) is 7.94. The van der Waals surface area contributed by atoms with Crippen LogP contribution in [0.1, 0.15) is 53.3 Å². The van der Waals surface area contributed by atoms with Crippen molar-refractivity contribution in [1.29, 1.82) is 0 Å². The Morgan fingerprint density at radius 1 is 0.911 bits per heavy atom. The summed E-state index contributed by atoms with van der Waals surface area (Å²) in [5.41, 5.74) is 14.8. The molecule has 2 aliphatic heterocycles. The Bertz CT molecular complexity index is 2460. The van der Waals surface area contributed by atoms with E-state index in [1.54, 1.807) is 5.57 Å². The summed E-state index contributed by atoms with van der Waals surface area (Å²) in [6.07, 6.45) is 15.3. The Balaban J connectivity index is 1.46. The number of allylic oxidation sites excluding steroid dienone is 1. The number of nitrogens with zero attached hydrogens (tertiary/aromatic N) is 2. The topological polar surface area (TPSA) is 32.2 Å². The van der Waals surface area contributed by atoms with Crippen LogP contribution in [0, 0.1) is 5.92 Å². The predicted molar refractivity (Wildman–Crippen MR) is 181 cm³/mol. The maximum atomic E-state index is 7.01. The zero-order valence-corrected chi connectivity index (χ0v) is 26.3. The van der Waals surface area contributed by atoms with Gasteiger partial charge in [-0.2, -0.15) is 0 Å². The quantitative estimate of drug-likeness (QED) is 0.176. The van der Waals surface area contributed by atoms with Crippen molar-refractivity contribution < 1.29 is 9.15 Å². The summed E-state index contributed by atoms with van der Waals surface area (Å²) >= 11 is 1.91. The van der Waals surface area contributed by atoms with Gasteiger partial charge in [0.05, 0.1) is 10.9 Å². The molecule has 0 amide bonds. The maximum absolute atomic E-state index is 7.01. The van der Waals surface area contributed by atoms with Crippen molar-refractivity contribution in [3.63, 3.8) is 0 Å². The first-order valence-corrected chi connectivity index (χ1v) is 17.2. The van der Waals surface area contributed by atoms with Crippen LogP contribution in [-0.4, -0.2) is 9.13 Å². The molecular weight excluding hydrogens is 573 g/mol. The molecule has 0 fully saturated rings. The first kappa shape index (κ1) is 24.8. The van der Waals surface area contributed by atoms with Gasteiger partial charge in [-0.3, -0.25) is 4.57 Å². The van der Waals surface area contributed by atoms with E-state index in [1.807, 2.05) is 17.6 Å². The van der Waals surface area contributed by atoms with Crippen LogP contribution in [0.15, 0.2) is 82.6 Å². The molecule has 5 bridgehead atoms. The molecule has 11 rings (SSSR count). The molecule has 6 heterocycles. The van der Waals surface area contributed by atoms with Gasteiger partial charge in [0.15, 0.2) is 0 Å². The highest BCUT2D eigenvalue weighted by Gasteiger charge is 2.48. The number of fused-ring (bicyclic) bond motifs is 11. The molecule has 4 aromatic heterocycles. The molecule has 1 spiro atoms. The van der Waals surface area contributed by atoms with Gasteiger partial charge in [-0.15, -0.1) is 11.3 Å². The van der Waals surface area contributed by atoms with Crippen molar-refractivity contribution in [3.05, 3.63) is 116 Å². The fourth-order valence-corrected chi connectivity index (χ4v) is 10.7. The normalized spacial score (nSPS) is 22.0. The number of thiophene rings is 1. The molecule has 4 nitrogen and oxygen atoms in total. The van der Waals surface area contributed by atoms with Gasteiger partial charge in [-0.1, -0.05) is 49.4 Å². The second-order valence-corrected chi connectivity index (χ2v) is 14.7. The highest BCUT2D eigenvalue weighted by atomic mass is 32.1. The molecule has 220 valence electrons. The van der Waals surface area contributed by atoms with Crippen molar-refractivity contribution in [1.82, 2.24) is 9.13 Å². The van der Waals surface area contributed by atoms with Crippen LogP contribution in [0.3, 0.4) is 0 Å². The second kappa shape index (κ2) is 8.41. The number of para-hydroxylation sites is 1. The molecule has 5 heteroatoms. The van der Waals surface area contributed by atoms with Gasteiger partial charge in [0, 0.05) is 63.4 Å². The van der Waals surface area contributed by atoms with Crippen LogP contribution in [-0.2, 0) is 31.7 Å². The molecule has 5 aliphatic rings. The van der Waals surface area contributed by atoms with Gasteiger partial charge >= 0.3 is 0 Å². The van der Waals surface area contributed by atoms with E-state index in [0.717, 1.165) is 44.4 Å². The minimum atomic E-state index is -0.227. The lowest BCUT2D eigenvalue weighted by Crippen LogP contribution is -2.46. The summed E-state index contributed by atoms with van der Waals surface area (Å²) in [4.78, 5) is 1.39. The molecule has 2 unspecified atom stereocenters. The average molecular weight is 605 g/mol. The number of aryl methyl sites for hydroxylation is 1. The standard InChI is InChI=1S/C40H32N2O2S/c1-22-11-12-23-15-29-31-20-43-39(29)44-38(23)42-35-10-6-5-9-26(35)28-16-36-27-13-14-33(37(28)42)40(22,17-24-7-3-4-8-25(24)31)34-19-41(2)18-30(34)32(27)21-45-36/h3-10,16,18-22H,11-15,17H2,1-2H3. The van der Waals surface area contributed by atoms with E-state index in [4.69, 9.17) is 9.15 Å². The lowest BCUT2D eigenvalue weighted by Gasteiger charge is -2.44. The highest BCUT2D eigenvalue weighted by Crippen LogP contribution is 2.55. The highest BCUT2D eigenvalue weighted by molar-refractivity contribution is 7.11. The van der Waals surface area contributed by atoms with E-state index >= 15 is 0 Å². The largest absolute Gasteiger partial charge is 0.433 e. The Hall–Kier alpha value is -4.48. The number of furan rings is 1. The lowest BCUT2D eigenvalue weighted by atomic mass is 9.58. The number of benzene rings is 2. The van der Waals surface area contributed by atoms with Gasteiger partial charge in [-0.05, 0) is 94.5 Å². The molecular formula is C40H32N2O2S. The van der Waals surface area contributed by atoms with E-state index in [-0.39, 0.29) is 5.41 Å². The van der Waals surface area contributed by atoms with E-state index < -0.39 is 0 Å². The summed E-state index contributed by atoms with van der Waals surface area (Å²) in [6.45, 7) is 2.55. The van der Waals surface area contributed by atoms with Crippen LogP contribution in [0.2, 0.25) is 0 Å².